The van der Waals surface area contributed by atoms with Crippen molar-refractivity contribution < 1.29 is 19.4 Å². The standard InChI is InChI=1S/C14H15BrN2O4/c1-3-21-13(19)11-7(2)16-14(20)17-12(11)9-6-8(15)4-5-10(9)18/h4-6,12,18H,3H2,1-2H3,(H2,16,17,20). The zero-order valence-electron chi connectivity index (χ0n) is 11.6. The highest BCUT2D eigenvalue weighted by Gasteiger charge is 2.33. The van der Waals surface area contributed by atoms with Gasteiger partial charge < -0.3 is 20.5 Å². The van der Waals surface area contributed by atoms with Gasteiger partial charge in [0.2, 0.25) is 0 Å². The number of phenolic OH excluding ortho intramolecular Hbond substituents is 1. The molecule has 0 fully saturated rings. The van der Waals surface area contributed by atoms with Gasteiger partial charge in [0, 0.05) is 15.7 Å². The third-order valence-corrected chi connectivity index (χ3v) is 3.56. The molecule has 0 aliphatic carbocycles. The molecule has 1 aromatic carbocycles. The molecule has 1 aromatic rings. The number of esters is 1. The van der Waals surface area contributed by atoms with E-state index in [0.717, 1.165) is 4.47 Å². The van der Waals surface area contributed by atoms with Crippen LogP contribution in [0.1, 0.15) is 25.5 Å². The highest BCUT2D eigenvalue weighted by molar-refractivity contribution is 9.10. The van der Waals surface area contributed by atoms with Crippen LogP contribution in [-0.2, 0) is 9.53 Å². The number of rotatable bonds is 3. The summed E-state index contributed by atoms with van der Waals surface area (Å²) in [5.41, 5.74) is 1.09. The minimum Gasteiger partial charge on any atom is -0.508 e. The van der Waals surface area contributed by atoms with Gasteiger partial charge >= 0.3 is 12.0 Å². The fourth-order valence-corrected chi connectivity index (χ4v) is 2.54. The third-order valence-electron chi connectivity index (χ3n) is 3.07. The number of halogens is 1. The molecule has 1 aliphatic rings. The molecule has 1 unspecified atom stereocenters. The van der Waals surface area contributed by atoms with Gasteiger partial charge in [0.25, 0.3) is 0 Å². The van der Waals surface area contributed by atoms with Gasteiger partial charge in [-0.25, -0.2) is 9.59 Å². The van der Waals surface area contributed by atoms with Gasteiger partial charge in [0.05, 0.1) is 18.2 Å². The number of carbonyl (C=O) groups is 2. The molecule has 2 amide bonds. The minimum atomic E-state index is -0.768. The Hall–Kier alpha value is -2.02. The van der Waals surface area contributed by atoms with Crippen LogP contribution < -0.4 is 10.6 Å². The Kier molecular flexibility index (Phi) is 4.52. The van der Waals surface area contributed by atoms with Crippen LogP contribution in [0.5, 0.6) is 5.75 Å². The van der Waals surface area contributed by atoms with Gasteiger partial charge in [-0.1, -0.05) is 15.9 Å². The van der Waals surface area contributed by atoms with Crippen molar-refractivity contribution in [3.05, 3.63) is 39.5 Å². The highest BCUT2D eigenvalue weighted by atomic mass is 79.9. The monoisotopic (exact) mass is 354 g/mol. The van der Waals surface area contributed by atoms with Gasteiger partial charge in [-0.15, -0.1) is 0 Å². The Bertz CT molecular complexity index is 627. The lowest BCUT2D eigenvalue weighted by molar-refractivity contribution is -0.139. The Morgan fingerprint density at radius 2 is 2.19 bits per heavy atom. The van der Waals surface area contributed by atoms with Crippen LogP contribution in [0.15, 0.2) is 33.9 Å². The van der Waals surface area contributed by atoms with Gasteiger partial charge in [0.15, 0.2) is 0 Å². The summed E-state index contributed by atoms with van der Waals surface area (Å²) in [6, 6.07) is 3.60. The maximum Gasteiger partial charge on any atom is 0.338 e. The number of amides is 2. The molecule has 0 saturated carbocycles. The van der Waals surface area contributed by atoms with E-state index in [0.29, 0.717) is 11.3 Å². The van der Waals surface area contributed by atoms with E-state index in [1.807, 2.05) is 0 Å². The van der Waals surface area contributed by atoms with Crippen molar-refractivity contribution in [2.75, 3.05) is 6.61 Å². The summed E-state index contributed by atoms with van der Waals surface area (Å²) >= 11 is 3.31. The van der Waals surface area contributed by atoms with Crippen LogP contribution in [0, 0.1) is 0 Å². The molecule has 1 aliphatic heterocycles. The number of ether oxygens (including phenoxy) is 1. The van der Waals surface area contributed by atoms with Crippen molar-refractivity contribution in [1.29, 1.82) is 0 Å². The number of allylic oxidation sites excluding steroid dienone is 1. The van der Waals surface area contributed by atoms with Gasteiger partial charge in [-0.2, -0.15) is 0 Å². The first kappa shape index (κ1) is 15.4. The summed E-state index contributed by atoms with van der Waals surface area (Å²) < 4.78 is 5.75. The first-order valence-electron chi connectivity index (χ1n) is 6.37. The summed E-state index contributed by atoms with van der Waals surface area (Å²) in [7, 11) is 0. The molecule has 0 saturated heterocycles. The zero-order valence-corrected chi connectivity index (χ0v) is 13.2. The first-order chi connectivity index (χ1) is 9.93. The number of hydrogen-bond acceptors (Lipinski definition) is 4. The molecule has 0 radical (unpaired) electrons. The van der Waals surface area contributed by atoms with Crippen molar-refractivity contribution >= 4 is 27.9 Å². The minimum absolute atomic E-state index is 0.0139. The van der Waals surface area contributed by atoms with Crippen LogP contribution in [0.25, 0.3) is 0 Å². The zero-order chi connectivity index (χ0) is 15.6. The van der Waals surface area contributed by atoms with E-state index in [4.69, 9.17) is 4.74 Å². The molecular formula is C14H15BrN2O4. The van der Waals surface area contributed by atoms with E-state index in [1.54, 1.807) is 26.0 Å². The lowest BCUT2D eigenvalue weighted by Crippen LogP contribution is -2.45. The molecule has 1 atom stereocenters. The number of aromatic hydroxyl groups is 1. The summed E-state index contributed by atoms with van der Waals surface area (Å²) in [5, 5.41) is 15.2. The SMILES string of the molecule is CCOC(=O)C1=C(C)NC(=O)NC1c1cc(Br)ccc1O. The molecule has 0 bridgehead atoms. The molecule has 3 N–H and O–H groups in total. The molecule has 0 aromatic heterocycles. The highest BCUT2D eigenvalue weighted by Crippen LogP contribution is 2.34. The van der Waals surface area contributed by atoms with E-state index < -0.39 is 18.0 Å². The maximum atomic E-state index is 12.1. The fourth-order valence-electron chi connectivity index (χ4n) is 2.16. The van der Waals surface area contributed by atoms with E-state index in [9.17, 15) is 14.7 Å². The molecule has 1 heterocycles. The number of urea groups is 1. The Morgan fingerprint density at radius 1 is 1.48 bits per heavy atom. The second-order valence-corrected chi connectivity index (χ2v) is 5.41. The normalized spacial score (nSPS) is 18.0. The van der Waals surface area contributed by atoms with Crippen LogP contribution in [0.2, 0.25) is 0 Å². The van der Waals surface area contributed by atoms with E-state index in [2.05, 4.69) is 26.6 Å². The second kappa shape index (κ2) is 6.17. The van der Waals surface area contributed by atoms with Crippen LogP contribution in [0.4, 0.5) is 4.79 Å². The average molecular weight is 355 g/mol. The molecule has 112 valence electrons. The van der Waals surface area contributed by atoms with Crippen molar-refractivity contribution in [1.82, 2.24) is 10.6 Å². The smallest absolute Gasteiger partial charge is 0.338 e. The number of benzene rings is 1. The quantitative estimate of drug-likeness (QED) is 0.727. The predicted molar refractivity (Wildman–Crippen MR) is 79.5 cm³/mol. The largest absolute Gasteiger partial charge is 0.508 e. The number of carbonyl (C=O) groups excluding carboxylic acids is 2. The molecule has 6 nitrogen and oxygen atoms in total. The molecule has 2 rings (SSSR count). The van der Waals surface area contributed by atoms with Gasteiger partial charge in [0.1, 0.15) is 5.75 Å². The topological polar surface area (TPSA) is 87.7 Å². The van der Waals surface area contributed by atoms with Crippen LogP contribution in [0.3, 0.4) is 0 Å². The molecule has 0 spiro atoms. The Labute approximate surface area is 130 Å². The molecule has 21 heavy (non-hydrogen) atoms. The van der Waals surface area contributed by atoms with E-state index in [-0.39, 0.29) is 17.9 Å². The van der Waals surface area contributed by atoms with Gasteiger partial charge in [-0.05, 0) is 32.0 Å². The summed E-state index contributed by atoms with van der Waals surface area (Å²) in [6.45, 7) is 3.54. The van der Waals surface area contributed by atoms with Crippen molar-refractivity contribution in [2.45, 2.75) is 19.9 Å². The fraction of sp³-hybridized carbons (Fsp3) is 0.286. The number of phenols is 1. The average Bonchev–Trinajstić information content (AvgIpc) is 2.40. The van der Waals surface area contributed by atoms with Crippen LogP contribution in [-0.4, -0.2) is 23.7 Å². The summed E-state index contributed by atoms with van der Waals surface area (Å²) in [5.74, 6) is -0.549. The summed E-state index contributed by atoms with van der Waals surface area (Å²) in [4.78, 5) is 23.8. The van der Waals surface area contributed by atoms with Crippen molar-refractivity contribution in [3.63, 3.8) is 0 Å². The van der Waals surface area contributed by atoms with Gasteiger partial charge in [-0.3, -0.25) is 0 Å². The Morgan fingerprint density at radius 3 is 2.86 bits per heavy atom. The van der Waals surface area contributed by atoms with E-state index in [1.165, 1.54) is 6.07 Å². The third kappa shape index (κ3) is 3.18. The Balaban J connectivity index is 2.52. The van der Waals surface area contributed by atoms with Crippen LogP contribution >= 0.6 is 15.9 Å². The summed E-state index contributed by atoms with van der Waals surface area (Å²) in [6.07, 6.45) is 0. The van der Waals surface area contributed by atoms with Crippen molar-refractivity contribution in [3.8, 4) is 5.75 Å². The van der Waals surface area contributed by atoms with E-state index >= 15 is 0 Å². The maximum absolute atomic E-state index is 12.1. The lowest BCUT2D eigenvalue weighted by Gasteiger charge is -2.28. The lowest BCUT2D eigenvalue weighted by atomic mass is 9.95. The second-order valence-electron chi connectivity index (χ2n) is 4.49. The molecule has 7 heteroatoms. The number of hydrogen-bond donors (Lipinski definition) is 3. The predicted octanol–water partition coefficient (Wildman–Crippen LogP) is 2.35. The van der Waals surface area contributed by atoms with Crippen molar-refractivity contribution in [2.24, 2.45) is 0 Å². The number of nitrogens with one attached hydrogen (secondary N) is 2. The first-order valence-corrected chi connectivity index (χ1v) is 7.17. The molecular weight excluding hydrogens is 340 g/mol.